The zero-order valence-corrected chi connectivity index (χ0v) is 12.9. The van der Waals surface area contributed by atoms with Gasteiger partial charge in [-0.2, -0.15) is 0 Å². The lowest BCUT2D eigenvalue weighted by Gasteiger charge is -2.22. The lowest BCUT2D eigenvalue weighted by atomic mass is 10.2. The number of esters is 1. The maximum absolute atomic E-state index is 11.5. The van der Waals surface area contributed by atoms with Gasteiger partial charge >= 0.3 is 12.1 Å². The molecule has 0 aliphatic rings. The van der Waals surface area contributed by atoms with Crippen molar-refractivity contribution >= 4 is 34.7 Å². The monoisotopic (exact) mass is 357 g/mol. The Labute approximate surface area is 116 Å². The van der Waals surface area contributed by atoms with Crippen molar-refractivity contribution < 1.29 is 19.1 Å². The standard InChI is InChI=1S/C11H20INO4/c1-11(2,3)17-10(15)13-8(7-12)5-6-9(14)16-4/h8H,5-7H2,1-4H3,(H,13,15)/t8-/m1/s1. The van der Waals surface area contributed by atoms with E-state index < -0.39 is 11.7 Å². The molecule has 1 amide bonds. The Kier molecular flexibility index (Phi) is 7.49. The van der Waals surface area contributed by atoms with Gasteiger partial charge in [0, 0.05) is 16.9 Å². The molecule has 17 heavy (non-hydrogen) atoms. The number of rotatable bonds is 5. The summed E-state index contributed by atoms with van der Waals surface area (Å²) < 4.78 is 10.4. The molecule has 0 aromatic rings. The van der Waals surface area contributed by atoms with Crippen LogP contribution in [0.25, 0.3) is 0 Å². The van der Waals surface area contributed by atoms with Gasteiger partial charge in [-0.15, -0.1) is 0 Å². The number of halogens is 1. The molecule has 0 aromatic carbocycles. The smallest absolute Gasteiger partial charge is 0.407 e. The van der Waals surface area contributed by atoms with Crippen LogP contribution in [0.15, 0.2) is 0 Å². The molecule has 0 rings (SSSR count). The van der Waals surface area contributed by atoms with E-state index in [0.717, 1.165) is 0 Å². The molecule has 0 fully saturated rings. The number of methoxy groups -OCH3 is 1. The summed E-state index contributed by atoms with van der Waals surface area (Å²) in [6.45, 7) is 5.42. The number of carbonyl (C=O) groups is 2. The van der Waals surface area contributed by atoms with E-state index in [1.54, 1.807) is 20.8 Å². The summed E-state index contributed by atoms with van der Waals surface area (Å²) >= 11 is 2.16. The molecule has 0 heterocycles. The number of hydrogen-bond acceptors (Lipinski definition) is 4. The minimum Gasteiger partial charge on any atom is -0.469 e. The van der Waals surface area contributed by atoms with Gasteiger partial charge < -0.3 is 14.8 Å². The van der Waals surface area contributed by atoms with Crippen molar-refractivity contribution in [1.82, 2.24) is 5.32 Å². The predicted octanol–water partition coefficient (Wildman–Crippen LogP) is 2.27. The first-order valence-electron chi connectivity index (χ1n) is 5.40. The Morgan fingerprint density at radius 2 is 1.94 bits per heavy atom. The van der Waals surface area contributed by atoms with Gasteiger partial charge in [-0.25, -0.2) is 4.79 Å². The molecule has 1 atom stereocenters. The molecule has 1 N–H and O–H groups in total. The molecule has 100 valence electrons. The normalized spacial score (nSPS) is 12.8. The average Bonchev–Trinajstić information content (AvgIpc) is 2.20. The molecule has 0 spiro atoms. The van der Waals surface area contributed by atoms with Crippen LogP contribution < -0.4 is 5.32 Å². The maximum atomic E-state index is 11.5. The van der Waals surface area contributed by atoms with Crippen molar-refractivity contribution in [2.75, 3.05) is 11.5 Å². The number of nitrogens with one attached hydrogen (secondary N) is 1. The van der Waals surface area contributed by atoms with E-state index in [-0.39, 0.29) is 12.0 Å². The van der Waals surface area contributed by atoms with Crippen LogP contribution in [0.5, 0.6) is 0 Å². The van der Waals surface area contributed by atoms with Gasteiger partial charge in [0.25, 0.3) is 0 Å². The lowest BCUT2D eigenvalue weighted by Crippen LogP contribution is -2.40. The van der Waals surface area contributed by atoms with E-state index in [2.05, 4.69) is 32.6 Å². The van der Waals surface area contributed by atoms with Crippen molar-refractivity contribution in [3.8, 4) is 0 Å². The fourth-order valence-corrected chi connectivity index (χ4v) is 1.72. The predicted molar refractivity (Wildman–Crippen MR) is 73.3 cm³/mol. The fourth-order valence-electron chi connectivity index (χ4n) is 1.06. The fraction of sp³-hybridized carbons (Fsp3) is 0.818. The minimum atomic E-state index is -0.512. The summed E-state index contributed by atoms with van der Waals surface area (Å²) in [5, 5.41) is 2.73. The number of alkyl halides is 1. The summed E-state index contributed by atoms with van der Waals surface area (Å²) in [5.74, 6) is -0.272. The van der Waals surface area contributed by atoms with Crippen molar-refractivity contribution in [2.24, 2.45) is 0 Å². The van der Waals surface area contributed by atoms with Crippen LogP contribution in [-0.4, -0.2) is 35.2 Å². The summed E-state index contributed by atoms with van der Waals surface area (Å²) in [4.78, 5) is 22.5. The highest BCUT2D eigenvalue weighted by molar-refractivity contribution is 14.1. The molecule has 0 unspecified atom stereocenters. The second-order valence-corrected chi connectivity index (χ2v) is 5.49. The number of hydrogen-bond donors (Lipinski definition) is 1. The van der Waals surface area contributed by atoms with Crippen LogP contribution in [0.4, 0.5) is 4.79 Å². The van der Waals surface area contributed by atoms with E-state index in [1.165, 1.54) is 7.11 Å². The maximum Gasteiger partial charge on any atom is 0.407 e. The third kappa shape index (κ3) is 9.20. The number of ether oxygens (including phenoxy) is 2. The van der Waals surface area contributed by atoms with Crippen molar-refractivity contribution in [3.63, 3.8) is 0 Å². The molecule has 0 saturated heterocycles. The molecule has 5 nitrogen and oxygen atoms in total. The lowest BCUT2D eigenvalue weighted by molar-refractivity contribution is -0.140. The highest BCUT2D eigenvalue weighted by atomic mass is 127. The Hall–Kier alpha value is -0.530. The van der Waals surface area contributed by atoms with E-state index >= 15 is 0 Å². The highest BCUT2D eigenvalue weighted by Gasteiger charge is 2.19. The molecule has 0 aromatic heterocycles. The van der Waals surface area contributed by atoms with Gasteiger partial charge in [-0.3, -0.25) is 4.79 Å². The molecule has 6 heteroatoms. The first kappa shape index (κ1) is 16.5. The number of alkyl carbamates (subject to hydrolysis) is 1. The van der Waals surface area contributed by atoms with Crippen LogP contribution in [0.1, 0.15) is 33.6 Å². The van der Waals surface area contributed by atoms with E-state index in [4.69, 9.17) is 4.74 Å². The third-order valence-corrected chi connectivity index (χ3v) is 2.89. The zero-order valence-electron chi connectivity index (χ0n) is 10.7. The van der Waals surface area contributed by atoms with Crippen LogP contribution in [-0.2, 0) is 14.3 Å². The van der Waals surface area contributed by atoms with Gasteiger partial charge in [-0.1, -0.05) is 22.6 Å². The summed E-state index contributed by atoms with van der Waals surface area (Å²) in [6, 6.07) is -0.0791. The first-order valence-corrected chi connectivity index (χ1v) is 6.93. The minimum absolute atomic E-state index is 0.0791. The SMILES string of the molecule is COC(=O)CC[C@H](CI)NC(=O)OC(C)(C)C. The second-order valence-electron chi connectivity index (χ2n) is 4.61. The molecule has 0 aliphatic carbocycles. The average molecular weight is 357 g/mol. The van der Waals surface area contributed by atoms with Crippen LogP contribution >= 0.6 is 22.6 Å². The molecule has 0 bridgehead atoms. The molecule has 0 radical (unpaired) electrons. The summed E-state index contributed by atoms with van der Waals surface area (Å²) in [7, 11) is 1.35. The largest absolute Gasteiger partial charge is 0.469 e. The van der Waals surface area contributed by atoms with Crippen LogP contribution in [0, 0.1) is 0 Å². The van der Waals surface area contributed by atoms with Gasteiger partial charge in [0.1, 0.15) is 5.60 Å². The summed E-state index contributed by atoms with van der Waals surface area (Å²) in [5.41, 5.74) is -0.512. The van der Waals surface area contributed by atoms with Crippen LogP contribution in [0.2, 0.25) is 0 Å². The number of amides is 1. The third-order valence-electron chi connectivity index (χ3n) is 1.83. The van der Waals surface area contributed by atoms with Crippen molar-refractivity contribution in [1.29, 1.82) is 0 Å². The van der Waals surface area contributed by atoms with Gasteiger partial charge in [0.05, 0.1) is 7.11 Å². The first-order chi connectivity index (χ1) is 7.78. The number of carbonyl (C=O) groups excluding carboxylic acids is 2. The Balaban J connectivity index is 4.04. The molecular weight excluding hydrogens is 337 g/mol. The zero-order chi connectivity index (χ0) is 13.5. The molecule has 0 aliphatic heterocycles. The second kappa shape index (κ2) is 7.73. The topological polar surface area (TPSA) is 64.6 Å². The summed E-state index contributed by atoms with van der Waals surface area (Å²) in [6.07, 6.45) is 0.387. The van der Waals surface area contributed by atoms with Gasteiger partial charge in [-0.05, 0) is 27.2 Å². The van der Waals surface area contributed by atoms with Gasteiger partial charge in [0.2, 0.25) is 0 Å². The quantitative estimate of drug-likeness (QED) is 0.466. The van der Waals surface area contributed by atoms with E-state index in [9.17, 15) is 9.59 Å². The van der Waals surface area contributed by atoms with Crippen molar-refractivity contribution in [3.05, 3.63) is 0 Å². The molecular formula is C11H20INO4. The molecule has 0 saturated carbocycles. The Morgan fingerprint density at radius 3 is 2.35 bits per heavy atom. The van der Waals surface area contributed by atoms with E-state index in [1.807, 2.05) is 0 Å². The van der Waals surface area contributed by atoms with Gasteiger partial charge in [0.15, 0.2) is 0 Å². The van der Waals surface area contributed by atoms with E-state index in [0.29, 0.717) is 17.3 Å². The Bertz CT molecular complexity index is 263. The highest BCUT2D eigenvalue weighted by Crippen LogP contribution is 2.08. The van der Waals surface area contributed by atoms with Crippen molar-refractivity contribution in [2.45, 2.75) is 45.3 Å². The van der Waals surface area contributed by atoms with Crippen LogP contribution in [0.3, 0.4) is 0 Å². The Morgan fingerprint density at radius 1 is 1.35 bits per heavy atom.